The van der Waals surface area contributed by atoms with Crippen molar-refractivity contribution in [1.82, 2.24) is 0 Å². The van der Waals surface area contributed by atoms with Gasteiger partial charge in [-0.05, 0) is 24.5 Å². The molecule has 3 nitrogen and oxygen atoms in total. The highest BCUT2D eigenvalue weighted by Gasteiger charge is 2.14. The number of halogens is 2. The van der Waals surface area contributed by atoms with Gasteiger partial charge in [-0.3, -0.25) is 0 Å². The van der Waals surface area contributed by atoms with E-state index < -0.39 is 0 Å². The topological polar surface area (TPSA) is 58.3 Å². The van der Waals surface area contributed by atoms with E-state index in [1.807, 2.05) is 0 Å². The lowest BCUT2D eigenvalue weighted by Crippen LogP contribution is -2.25. The van der Waals surface area contributed by atoms with Crippen molar-refractivity contribution in [1.29, 1.82) is 0 Å². The van der Waals surface area contributed by atoms with Gasteiger partial charge in [0.1, 0.15) is 0 Å². The van der Waals surface area contributed by atoms with Crippen molar-refractivity contribution >= 4 is 34.6 Å². The van der Waals surface area contributed by atoms with Gasteiger partial charge in [0.05, 0.1) is 22.3 Å². The van der Waals surface area contributed by atoms with Gasteiger partial charge >= 0.3 is 0 Å². The van der Waals surface area contributed by atoms with Crippen molar-refractivity contribution in [2.24, 2.45) is 5.92 Å². The van der Waals surface area contributed by atoms with Crippen LogP contribution in [0.15, 0.2) is 12.1 Å². The molecule has 0 aliphatic heterocycles. The van der Waals surface area contributed by atoms with E-state index in [4.69, 9.17) is 28.9 Å². The molecule has 0 fully saturated rings. The van der Waals surface area contributed by atoms with Crippen molar-refractivity contribution in [3.05, 3.63) is 22.2 Å². The molecule has 96 valence electrons. The molecule has 0 spiro atoms. The number of aliphatic hydroxyl groups excluding tert-OH is 1. The second kappa shape index (κ2) is 6.34. The van der Waals surface area contributed by atoms with Crippen LogP contribution in [-0.2, 0) is 0 Å². The van der Waals surface area contributed by atoms with Crippen LogP contribution >= 0.6 is 23.2 Å². The second-order valence-corrected chi connectivity index (χ2v) is 5.33. The number of benzene rings is 1. The number of aliphatic hydroxyl groups is 1. The van der Waals surface area contributed by atoms with Crippen LogP contribution in [0.2, 0.25) is 10.0 Å². The normalized spacial score (nSPS) is 12.8. The van der Waals surface area contributed by atoms with E-state index in [9.17, 15) is 5.11 Å². The van der Waals surface area contributed by atoms with E-state index in [1.54, 1.807) is 12.1 Å². The van der Waals surface area contributed by atoms with Gasteiger partial charge in [0, 0.05) is 11.7 Å². The van der Waals surface area contributed by atoms with Gasteiger partial charge in [0.15, 0.2) is 0 Å². The number of nitrogen functional groups attached to an aromatic ring is 1. The van der Waals surface area contributed by atoms with Gasteiger partial charge in [-0.1, -0.05) is 37.0 Å². The van der Waals surface area contributed by atoms with Crippen molar-refractivity contribution in [3.8, 4) is 0 Å². The van der Waals surface area contributed by atoms with Gasteiger partial charge in [-0.15, -0.1) is 0 Å². The summed E-state index contributed by atoms with van der Waals surface area (Å²) in [7, 11) is 0. The number of rotatable bonds is 5. The van der Waals surface area contributed by atoms with E-state index in [0.717, 1.165) is 6.42 Å². The Morgan fingerprint density at radius 2 is 1.82 bits per heavy atom. The van der Waals surface area contributed by atoms with Crippen LogP contribution in [0.4, 0.5) is 11.4 Å². The van der Waals surface area contributed by atoms with Gasteiger partial charge in [-0.25, -0.2) is 0 Å². The first kappa shape index (κ1) is 14.4. The minimum Gasteiger partial charge on any atom is -0.399 e. The molecule has 0 amide bonds. The maximum Gasteiger partial charge on any atom is 0.0723 e. The highest BCUT2D eigenvalue weighted by Crippen LogP contribution is 2.33. The van der Waals surface area contributed by atoms with Crippen molar-refractivity contribution < 1.29 is 5.11 Å². The zero-order valence-electron chi connectivity index (χ0n) is 10.0. The summed E-state index contributed by atoms with van der Waals surface area (Å²) in [6, 6.07) is 3.22. The standard InChI is InChI=1S/C12H18Cl2N2O/c1-7(2)3-9(6-17)16-12-10(13)4-8(15)5-11(12)14/h4-5,7,9,16-17H,3,6,15H2,1-2H3. The Labute approximate surface area is 112 Å². The molecule has 0 aromatic heterocycles. The van der Waals surface area contributed by atoms with E-state index in [-0.39, 0.29) is 12.6 Å². The van der Waals surface area contributed by atoms with E-state index in [2.05, 4.69) is 19.2 Å². The number of hydrogen-bond acceptors (Lipinski definition) is 3. The Kier molecular flexibility index (Phi) is 5.37. The van der Waals surface area contributed by atoms with E-state index in [0.29, 0.717) is 27.3 Å². The molecular formula is C12H18Cl2N2O. The highest BCUT2D eigenvalue weighted by atomic mass is 35.5. The molecule has 1 rings (SSSR count). The van der Waals surface area contributed by atoms with Gasteiger partial charge < -0.3 is 16.2 Å². The van der Waals surface area contributed by atoms with Crippen LogP contribution in [0, 0.1) is 5.92 Å². The fourth-order valence-corrected chi connectivity index (χ4v) is 2.30. The third-order valence-electron chi connectivity index (χ3n) is 2.39. The molecule has 0 aliphatic carbocycles. The first-order valence-electron chi connectivity index (χ1n) is 5.56. The average molecular weight is 277 g/mol. The molecule has 0 saturated heterocycles. The maximum atomic E-state index is 9.30. The number of nitrogens with one attached hydrogen (secondary N) is 1. The van der Waals surface area contributed by atoms with Crippen LogP contribution in [0.1, 0.15) is 20.3 Å². The molecular weight excluding hydrogens is 259 g/mol. The molecule has 1 unspecified atom stereocenters. The van der Waals surface area contributed by atoms with Crippen molar-refractivity contribution in [3.63, 3.8) is 0 Å². The van der Waals surface area contributed by atoms with E-state index in [1.165, 1.54) is 0 Å². The predicted molar refractivity (Wildman–Crippen MR) is 74.8 cm³/mol. The van der Waals surface area contributed by atoms with Crippen LogP contribution in [0.3, 0.4) is 0 Å². The van der Waals surface area contributed by atoms with Crippen LogP contribution in [-0.4, -0.2) is 17.8 Å². The third kappa shape index (κ3) is 4.26. The SMILES string of the molecule is CC(C)CC(CO)Nc1c(Cl)cc(N)cc1Cl. The lowest BCUT2D eigenvalue weighted by atomic mass is 10.0. The van der Waals surface area contributed by atoms with Crippen LogP contribution in [0.5, 0.6) is 0 Å². The fraction of sp³-hybridized carbons (Fsp3) is 0.500. The molecule has 0 aliphatic rings. The summed E-state index contributed by atoms with van der Waals surface area (Å²) in [5.74, 6) is 0.478. The molecule has 0 saturated carbocycles. The van der Waals surface area contributed by atoms with Crippen LogP contribution in [0.25, 0.3) is 0 Å². The summed E-state index contributed by atoms with van der Waals surface area (Å²) in [6.07, 6.45) is 0.841. The first-order valence-corrected chi connectivity index (χ1v) is 6.31. The molecule has 0 radical (unpaired) electrons. The summed E-state index contributed by atoms with van der Waals surface area (Å²) >= 11 is 12.1. The molecule has 1 atom stereocenters. The monoisotopic (exact) mass is 276 g/mol. The summed E-state index contributed by atoms with van der Waals surface area (Å²) in [6.45, 7) is 4.22. The molecule has 4 N–H and O–H groups in total. The van der Waals surface area contributed by atoms with Crippen molar-refractivity contribution in [2.75, 3.05) is 17.7 Å². The van der Waals surface area contributed by atoms with Gasteiger partial charge in [-0.2, -0.15) is 0 Å². The zero-order chi connectivity index (χ0) is 13.0. The Hall–Kier alpha value is -0.640. The highest BCUT2D eigenvalue weighted by molar-refractivity contribution is 6.39. The summed E-state index contributed by atoms with van der Waals surface area (Å²) in [4.78, 5) is 0. The summed E-state index contributed by atoms with van der Waals surface area (Å²) < 4.78 is 0. The van der Waals surface area contributed by atoms with Crippen LogP contribution < -0.4 is 11.1 Å². The average Bonchev–Trinajstić information content (AvgIpc) is 2.20. The van der Waals surface area contributed by atoms with Gasteiger partial charge in [0.2, 0.25) is 0 Å². The summed E-state index contributed by atoms with van der Waals surface area (Å²) in [5.41, 5.74) is 6.78. The number of hydrogen-bond donors (Lipinski definition) is 3. The quantitative estimate of drug-likeness (QED) is 0.723. The second-order valence-electron chi connectivity index (χ2n) is 4.51. The molecule has 1 aromatic rings. The molecule has 0 heterocycles. The Bertz CT molecular complexity index is 360. The minimum atomic E-state index is -0.0615. The Balaban J connectivity index is 2.86. The molecule has 17 heavy (non-hydrogen) atoms. The first-order chi connectivity index (χ1) is 7.93. The Morgan fingerprint density at radius 1 is 1.29 bits per heavy atom. The van der Waals surface area contributed by atoms with Gasteiger partial charge in [0.25, 0.3) is 0 Å². The zero-order valence-corrected chi connectivity index (χ0v) is 11.5. The lowest BCUT2D eigenvalue weighted by molar-refractivity contribution is 0.259. The predicted octanol–water partition coefficient (Wildman–Crippen LogP) is 3.39. The third-order valence-corrected chi connectivity index (χ3v) is 2.99. The minimum absolute atomic E-state index is 0.0369. The molecule has 0 bridgehead atoms. The molecule has 5 heteroatoms. The fourth-order valence-electron chi connectivity index (χ4n) is 1.68. The number of anilines is 2. The molecule has 1 aromatic carbocycles. The smallest absolute Gasteiger partial charge is 0.0723 e. The largest absolute Gasteiger partial charge is 0.399 e. The Morgan fingerprint density at radius 3 is 2.24 bits per heavy atom. The summed E-state index contributed by atoms with van der Waals surface area (Å²) in [5, 5.41) is 13.4. The van der Waals surface area contributed by atoms with E-state index >= 15 is 0 Å². The number of nitrogens with two attached hydrogens (primary N) is 1. The van der Waals surface area contributed by atoms with Crippen molar-refractivity contribution in [2.45, 2.75) is 26.3 Å². The lowest BCUT2D eigenvalue weighted by Gasteiger charge is -2.21. The maximum absolute atomic E-state index is 9.30.